The molecule has 3 heteroatoms. The molecule has 0 bridgehead atoms. The largest absolute Gasteiger partial charge is 0.291 e. The molecule has 2 rings (SSSR count). The lowest BCUT2D eigenvalue weighted by molar-refractivity contribution is 0.390. The number of benzene rings is 1. The van der Waals surface area contributed by atoms with Crippen molar-refractivity contribution >= 4 is 16.6 Å². The molecular formula is C10H10N2O. The third-order valence-corrected chi connectivity index (χ3v) is 2.02. The summed E-state index contributed by atoms with van der Waals surface area (Å²) < 4.78 is 0. The number of fused-ring (bicyclic) bond motifs is 1. The smallest absolute Gasteiger partial charge is 0.0723 e. The average Bonchev–Trinajstić information content (AvgIpc) is 2.17. The molecule has 2 N–H and O–H groups in total. The van der Waals surface area contributed by atoms with Crippen molar-refractivity contribution < 1.29 is 5.21 Å². The Hall–Kier alpha value is -1.61. The first kappa shape index (κ1) is 8.01. The highest BCUT2D eigenvalue weighted by molar-refractivity contribution is 5.90. The predicted molar refractivity (Wildman–Crippen MR) is 51.9 cm³/mol. The van der Waals surface area contributed by atoms with Crippen LogP contribution >= 0.6 is 0 Å². The van der Waals surface area contributed by atoms with Gasteiger partial charge in [-0.2, -0.15) is 0 Å². The molecular weight excluding hydrogens is 164 g/mol. The van der Waals surface area contributed by atoms with Gasteiger partial charge in [0.15, 0.2) is 0 Å². The van der Waals surface area contributed by atoms with E-state index in [0.29, 0.717) is 5.69 Å². The Labute approximate surface area is 76.0 Å². The van der Waals surface area contributed by atoms with E-state index in [9.17, 15) is 0 Å². The van der Waals surface area contributed by atoms with Crippen LogP contribution in [0.1, 0.15) is 5.56 Å². The van der Waals surface area contributed by atoms with Gasteiger partial charge >= 0.3 is 0 Å². The standard InChI is InChI=1S/C10H10N2O/c1-7-2-3-9-8(6-7)10(12-13)4-5-11-9/h2-6,13H,1H3,(H,11,12). The second kappa shape index (κ2) is 3.03. The number of anilines is 1. The molecule has 3 nitrogen and oxygen atoms in total. The third kappa shape index (κ3) is 1.34. The molecule has 0 saturated carbocycles. The molecule has 0 radical (unpaired) electrons. The van der Waals surface area contributed by atoms with Gasteiger partial charge in [0, 0.05) is 11.6 Å². The van der Waals surface area contributed by atoms with Crippen LogP contribution in [0.4, 0.5) is 5.69 Å². The molecule has 0 aliphatic carbocycles. The maximum atomic E-state index is 8.85. The highest BCUT2D eigenvalue weighted by Gasteiger charge is 1.99. The molecule has 0 fully saturated rings. The van der Waals surface area contributed by atoms with Gasteiger partial charge in [-0.15, -0.1) is 0 Å². The van der Waals surface area contributed by atoms with E-state index in [4.69, 9.17) is 5.21 Å². The van der Waals surface area contributed by atoms with E-state index >= 15 is 0 Å². The summed E-state index contributed by atoms with van der Waals surface area (Å²) in [5, 5.41) is 9.78. The van der Waals surface area contributed by atoms with Crippen molar-refractivity contribution in [2.75, 3.05) is 5.48 Å². The van der Waals surface area contributed by atoms with E-state index in [-0.39, 0.29) is 0 Å². The molecule has 0 amide bonds. The molecule has 0 aliphatic heterocycles. The SMILES string of the molecule is Cc1ccc2nccc(NO)c2c1. The number of hydrogen-bond acceptors (Lipinski definition) is 3. The van der Waals surface area contributed by atoms with Gasteiger partial charge in [-0.25, -0.2) is 0 Å². The van der Waals surface area contributed by atoms with E-state index in [1.54, 1.807) is 12.3 Å². The maximum Gasteiger partial charge on any atom is 0.0723 e. The zero-order valence-corrected chi connectivity index (χ0v) is 7.28. The molecule has 2 aromatic rings. The van der Waals surface area contributed by atoms with Crippen LogP contribution in [0.15, 0.2) is 30.5 Å². The van der Waals surface area contributed by atoms with Crippen LogP contribution in [0.25, 0.3) is 10.9 Å². The highest BCUT2D eigenvalue weighted by atomic mass is 16.5. The summed E-state index contributed by atoms with van der Waals surface area (Å²) in [5.41, 5.74) is 4.88. The minimum Gasteiger partial charge on any atom is -0.291 e. The number of nitrogens with zero attached hydrogens (tertiary/aromatic N) is 1. The number of aromatic nitrogens is 1. The first-order valence-corrected chi connectivity index (χ1v) is 4.07. The van der Waals surface area contributed by atoms with Gasteiger partial charge in [-0.1, -0.05) is 11.6 Å². The highest BCUT2D eigenvalue weighted by Crippen LogP contribution is 2.21. The molecule has 1 aromatic carbocycles. The van der Waals surface area contributed by atoms with Crippen LogP contribution in [0.2, 0.25) is 0 Å². The van der Waals surface area contributed by atoms with Crippen LogP contribution < -0.4 is 5.48 Å². The van der Waals surface area contributed by atoms with E-state index in [0.717, 1.165) is 16.5 Å². The molecule has 0 saturated heterocycles. The zero-order valence-electron chi connectivity index (χ0n) is 7.28. The first-order chi connectivity index (χ1) is 6.31. The monoisotopic (exact) mass is 174 g/mol. The fourth-order valence-corrected chi connectivity index (χ4v) is 1.36. The van der Waals surface area contributed by atoms with E-state index < -0.39 is 0 Å². The van der Waals surface area contributed by atoms with Crippen molar-refractivity contribution in [1.82, 2.24) is 4.98 Å². The van der Waals surface area contributed by atoms with Crippen LogP contribution in [0, 0.1) is 6.92 Å². The Morgan fingerprint density at radius 3 is 2.92 bits per heavy atom. The quantitative estimate of drug-likeness (QED) is 0.652. The molecule has 1 aromatic heterocycles. The number of rotatable bonds is 1. The van der Waals surface area contributed by atoms with Gasteiger partial charge < -0.3 is 0 Å². The van der Waals surface area contributed by atoms with Crippen molar-refractivity contribution in [3.05, 3.63) is 36.0 Å². The van der Waals surface area contributed by atoms with Crippen LogP contribution in [-0.2, 0) is 0 Å². The lowest BCUT2D eigenvalue weighted by atomic mass is 10.1. The van der Waals surface area contributed by atoms with Crippen molar-refractivity contribution in [2.24, 2.45) is 0 Å². The first-order valence-electron chi connectivity index (χ1n) is 4.07. The van der Waals surface area contributed by atoms with Crippen molar-refractivity contribution in [3.63, 3.8) is 0 Å². The summed E-state index contributed by atoms with van der Waals surface area (Å²) in [6, 6.07) is 7.66. The Balaban J connectivity index is 2.79. The van der Waals surface area contributed by atoms with Crippen molar-refractivity contribution in [3.8, 4) is 0 Å². The van der Waals surface area contributed by atoms with E-state index in [1.165, 1.54) is 0 Å². The summed E-state index contributed by atoms with van der Waals surface area (Å²) in [4.78, 5) is 4.18. The third-order valence-electron chi connectivity index (χ3n) is 2.02. The van der Waals surface area contributed by atoms with Crippen LogP contribution in [0.3, 0.4) is 0 Å². The number of nitrogens with one attached hydrogen (secondary N) is 1. The van der Waals surface area contributed by atoms with Crippen LogP contribution in [0.5, 0.6) is 0 Å². The van der Waals surface area contributed by atoms with Crippen LogP contribution in [-0.4, -0.2) is 10.2 Å². The summed E-state index contributed by atoms with van der Waals surface area (Å²) >= 11 is 0. The number of hydrogen-bond donors (Lipinski definition) is 2. The predicted octanol–water partition coefficient (Wildman–Crippen LogP) is 2.34. The summed E-state index contributed by atoms with van der Waals surface area (Å²) in [6.45, 7) is 2.01. The fraction of sp³-hybridized carbons (Fsp3) is 0.100. The molecule has 0 unspecified atom stereocenters. The second-order valence-corrected chi connectivity index (χ2v) is 2.99. The minimum absolute atomic E-state index is 0.689. The normalized spacial score (nSPS) is 10.3. The lowest BCUT2D eigenvalue weighted by Crippen LogP contribution is -1.91. The van der Waals surface area contributed by atoms with Gasteiger partial charge in [0.2, 0.25) is 0 Å². The topological polar surface area (TPSA) is 45.2 Å². The number of pyridine rings is 1. The van der Waals surface area contributed by atoms with E-state index in [1.807, 2.05) is 25.1 Å². The van der Waals surface area contributed by atoms with Gasteiger partial charge in [-0.3, -0.25) is 15.7 Å². The van der Waals surface area contributed by atoms with E-state index in [2.05, 4.69) is 10.5 Å². The average molecular weight is 174 g/mol. The number of aryl methyl sites for hydroxylation is 1. The summed E-state index contributed by atoms with van der Waals surface area (Å²) in [7, 11) is 0. The fourth-order valence-electron chi connectivity index (χ4n) is 1.36. The zero-order chi connectivity index (χ0) is 9.26. The molecule has 0 atom stereocenters. The lowest BCUT2D eigenvalue weighted by Gasteiger charge is -2.04. The Morgan fingerprint density at radius 1 is 1.31 bits per heavy atom. The summed E-state index contributed by atoms with van der Waals surface area (Å²) in [5.74, 6) is 0. The van der Waals surface area contributed by atoms with Gasteiger partial charge in [0.05, 0.1) is 11.2 Å². The summed E-state index contributed by atoms with van der Waals surface area (Å²) in [6.07, 6.45) is 1.66. The maximum absolute atomic E-state index is 8.85. The Morgan fingerprint density at radius 2 is 2.15 bits per heavy atom. The van der Waals surface area contributed by atoms with Gasteiger partial charge in [-0.05, 0) is 25.1 Å². The molecule has 0 aliphatic rings. The van der Waals surface area contributed by atoms with Crippen molar-refractivity contribution in [2.45, 2.75) is 6.92 Å². The van der Waals surface area contributed by atoms with Gasteiger partial charge in [0.1, 0.15) is 0 Å². The van der Waals surface area contributed by atoms with Gasteiger partial charge in [0.25, 0.3) is 0 Å². The minimum atomic E-state index is 0.689. The second-order valence-electron chi connectivity index (χ2n) is 2.99. The molecule has 13 heavy (non-hydrogen) atoms. The Kier molecular flexibility index (Phi) is 1.87. The molecule has 1 heterocycles. The molecule has 0 spiro atoms. The van der Waals surface area contributed by atoms with Crippen molar-refractivity contribution in [1.29, 1.82) is 0 Å². The Bertz CT molecular complexity index is 440. The molecule has 66 valence electrons.